The highest BCUT2D eigenvalue weighted by Gasteiger charge is 2.05. The minimum Gasteiger partial charge on any atom is -0.494 e. The Morgan fingerprint density at radius 1 is 1.27 bits per heavy atom. The maximum Gasteiger partial charge on any atom is 0.146 e. The SMILES string of the molecule is COc1cccc(OCCC(C)C)c1N. The van der Waals surface area contributed by atoms with Gasteiger partial charge in [-0.15, -0.1) is 0 Å². The summed E-state index contributed by atoms with van der Waals surface area (Å²) in [6.45, 7) is 5.02. The lowest BCUT2D eigenvalue weighted by Crippen LogP contribution is -2.04. The zero-order valence-electron chi connectivity index (χ0n) is 9.62. The van der Waals surface area contributed by atoms with Crippen molar-refractivity contribution in [3.8, 4) is 11.5 Å². The van der Waals surface area contributed by atoms with Crippen LogP contribution in [0.4, 0.5) is 5.69 Å². The first kappa shape index (κ1) is 11.7. The van der Waals surface area contributed by atoms with Gasteiger partial charge < -0.3 is 15.2 Å². The maximum atomic E-state index is 5.86. The van der Waals surface area contributed by atoms with Gasteiger partial charge >= 0.3 is 0 Å². The van der Waals surface area contributed by atoms with Crippen LogP contribution in [-0.2, 0) is 0 Å². The Bertz CT molecular complexity index is 310. The van der Waals surface area contributed by atoms with Crippen LogP contribution in [0.2, 0.25) is 0 Å². The molecule has 15 heavy (non-hydrogen) atoms. The minimum atomic E-state index is 0.573. The standard InChI is InChI=1S/C12H19NO2/c1-9(2)7-8-15-11-6-4-5-10(14-3)12(11)13/h4-6,9H,7-8,13H2,1-3H3. The van der Waals surface area contributed by atoms with Crippen molar-refractivity contribution in [1.29, 1.82) is 0 Å². The number of methoxy groups -OCH3 is 1. The molecule has 0 fully saturated rings. The van der Waals surface area contributed by atoms with E-state index in [2.05, 4.69) is 13.8 Å². The van der Waals surface area contributed by atoms with Crippen LogP contribution in [0, 0.1) is 5.92 Å². The van der Waals surface area contributed by atoms with Gasteiger partial charge in [-0.05, 0) is 24.5 Å². The smallest absolute Gasteiger partial charge is 0.146 e. The monoisotopic (exact) mass is 209 g/mol. The lowest BCUT2D eigenvalue weighted by atomic mass is 10.1. The van der Waals surface area contributed by atoms with Gasteiger partial charge in [-0.2, -0.15) is 0 Å². The highest BCUT2D eigenvalue weighted by molar-refractivity contribution is 5.62. The van der Waals surface area contributed by atoms with Gasteiger partial charge in [-0.1, -0.05) is 19.9 Å². The van der Waals surface area contributed by atoms with Gasteiger partial charge in [0.15, 0.2) is 0 Å². The van der Waals surface area contributed by atoms with Crippen molar-refractivity contribution in [3.05, 3.63) is 18.2 Å². The zero-order valence-corrected chi connectivity index (χ0v) is 9.62. The summed E-state index contributed by atoms with van der Waals surface area (Å²) in [5.74, 6) is 2.00. The third-order valence-corrected chi connectivity index (χ3v) is 2.20. The molecule has 84 valence electrons. The number of nitrogen functional groups attached to an aromatic ring is 1. The summed E-state index contributed by atoms with van der Waals surface area (Å²) in [5.41, 5.74) is 6.43. The first-order chi connectivity index (χ1) is 7.15. The average molecular weight is 209 g/mol. The molecule has 0 heterocycles. The molecule has 0 unspecified atom stereocenters. The van der Waals surface area contributed by atoms with Crippen molar-refractivity contribution >= 4 is 5.69 Å². The molecule has 3 heteroatoms. The molecule has 1 rings (SSSR count). The lowest BCUT2D eigenvalue weighted by molar-refractivity contribution is 0.289. The summed E-state index contributed by atoms with van der Waals surface area (Å²) < 4.78 is 10.7. The quantitative estimate of drug-likeness (QED) is 0.758. The molecule has 0 bridgehead atoms. The molecule has 0 aromatic heterocycles. The van der Waals surface area contributed by atoms with Gasteiger partial charge in [0.25, 0.3) is 0 Å². The van der Waals surface area contributed by atoms with Crippen molar-refractivity contribution < 1.29 is 9.47 Å². The van der Waals surface area contributed by atoms with Crippen LogP contribution in [0.25, 0.3) is 0 Å². The zero-order chi connectivity index (χ0) is 11.3. The Kier molecular flexibility index (Phi) is 4.28. The third kappa shape index (κ3) is 3.35. The summed E-state index contributed by atoms with van der Waals surface area (Å²) in [4.78, 5) is 0. The van der Waals surface area contributed by atoms with Crippen LogP contribution < -0.4 is 15.2 Å². The van der Waals surface area contributed by atoms with Crippen molar-refractivity contribution in [2.45, 2.75) is 20.3 Å². The predicted octanol–water partition coefficient (Wildman–Crippen LogP) is 2.70. The van der Waals surface area contributed by atoms with Crippen molar-refractivity contribution in [1.82, 2.24) is 0 Å². The number of benzene rings is 1. The van der Waals surface area contributed by atoms with E-state index in [0.29, 0.717) is 29.7 Å². The van der Waals surface area contributed by atoms with Crippen LogP contribution in [0.5, 0.6) is 11.5 Å². The van der Waals surface area contributed by atoms with Gasteiger partial charge in [-0.3, -0.25) is 0 Å². The number of anilines is 1. The summed E-state index contributed by atoms with van der Waals surface area (Å²) in [5, 5.41) is 0. The Balaban J connectivity index is 2.61. The Hall–Kier alpha value is -1.38. The minimum absolute atomic E-state index is 0.573. The van der Waals surface area contributed by atoms with Crippen molar-refractivity contribution in [2.75, 3.05) is 19.5 Å². The molecule has 2 N–H and O–H groups in total. The molecule has 1 aromatic carbocycles. The number of nitrogens with two attached hydrogens (primary N) is 1. The Morgan fingerprint density at radius 3 is 2.53 bits per heavy atom. The second-order valence-electron chi connectivity index (χ2n) is 3.90. The van der Waals surface area contributed by atoms with Gasteiger partial charge in [0.05, 0.1) is 13.7 Å². The van der Waals surface area contributed by atoms with Crippen molar-refractivity contribution in [3.63, 3.8) is 0 Å². The van der Waals surface area contributed by atoms with Crippen LogP contribution >= 0.6 is 0 Å². The molecule has 3 nitrogen and oxygen atoms in total. The fourth-order valence-corrected chi connectivity index (χ4v) is 1.23. The molecule has 0 amide bonds. The molecule has 1 aromatic rings. The highest BCUT2D eigenvalue weighted by Crippen LogP contribution is 2.30. The van der Waals surface area contributed by atoms with Gasteiger partial charge in [0.2, 0.25) is 0 Å². The summed E-state index contributed by atoms with van der Waals surface area (Å²) >= 11 is 0. The molecule has 0 aliphatic heterocycles. The average Bonchev–Trinajstić information content (AvgIpc) is 2.20. The van der Waals surface area contributed by atoms with E-state index in [4.69, 9.17) is 15.2 Å². The second kappa shape index (κ2) is 5.49. The van der Waals surface area contributed by atoms with E-state index in [-0.39, 0.29) is 0 Å². The van der Waals surface area contributed by atoms with Gasteiger partial charge in [-0.25, -0.2) is 0 Å². The van der Waals surface area contributed by atoms with Crippen LogP contribution in [0.3, 0.4) is 0 Å². The van der Waals surface area contributed by atoms with Crippen LogP contribution in [0.1, 0.15) is 20.3 Å². The summed E-state index contributed by atoms with van der Waals surface area (Å²) in [6.07, 6.45) is 1.02. The van der Waals surface area contributed by atoms with E-state index in [0.717, 1.165) is 6.42 Å². The first-order valence-corrected chi connectivity index (χ1v) is 5.20. The predicted molar refractivity (Wildman–Crippen MR) is 62.4 cm³/mol. The summed E-state index contributed by atoms with van der Waals surface area (Å²) in [7, 11) is 1.60. The maximum absolute atomic E-state index is 5.86. The number of hydrogen-bond acceptors (Lipinski definition) is 3. The number of hydrogen-bond donors (Lipinski definition) is 1. The first-order valence-electron chi connectivity index (χ1n) is 5.20. The fourth-order valence-electron chi connectivity index (χ4n) is 1.23. The lowest BCUT2D eigenvalue weighted by Gasteiger charge is -2.12. The molecule has 0 radical (unpaired) electrons. The largest absolute Gasteiger partial charge is 0.494 e. The number of para-hydroxylation sites is 1. The molecule has 0 saturated heterocycles. The molecule has 0 aliphatic carbocycles. The third-order valence-electron chi connectivity index (χ3n) is 2.20. The van der Waals surface area contributed by atoms with E-state index in [9.17, 15) is 0 Å². The van der Waals surface area contributed by atoms with E-state index in [1.165, 1.54) is 0 Å². The fraction of sp³-hybridized carbons (Fsp3) is 0.500. The van der Waals surface area contributed by atoms with E-state index < -0.39 is 0 Å². The van der Waals surface area contributed by atoms with Gasteiger partial charge in [0.1, 0.15) is 17.2 Å². The van der Waals surface area contributed by atoms with Gasteiger partial charge in [0, 0.05) is 0 Å². The highest BCUT2D eigenvalue weighted by atomic mass is 16.5. The molecule has 0 saturated carbocycles. The van der Waals surface area contributed by atoms with E-state index in [1.807, 2.05) is 18.2 Å². The molecule has 0 aliphatic rings. The van der Waals surface area contributed by atoms with Crippen LogP contribution in [0.15, 0.2) is 18.2 Å². The van der Waals surface area contributed by atoms with Crippen molar-refractivity contribution in [2.24, 2.45) is 5.92 Å². The van der Waals surface area contributed by atoms with E-state index >= 15 is 0 Å². The summed E-state index contributed by atoms with van der Waals surface area (Å²) in [6, 6.07) is 5.56. The molecular weight excluding hydrogens is 190 g/mol. The molecule has 0 atom stereocenters. The molecular formula is C12H19NO2. The Labute approximate surface area is 91.2 Å². The Morgan fingerprint density at radius 2 is 1.93 bits per heavy atom. The van der Waals surface area contributed by atoms with E-state index in [1.54, 1.807) is 7.11 Å². The second-order valence-corrected chi connectivity index (χ2v) is 3.90. The number of rotatable bonds is 5. The van der Waals surface area contributed by atoms with Crippen LogP contribution in [-0.4, -0.2) is 13.7 Å². The topological polar surface area (TPSA) is 44.5 Å². The number of ether oxygens (including phenoxy) is 2. The normalized spacial score (nSPS) is 10.4. The molecule has 0 spiro atoms.